The van der Waals surface area contributed by atoms with Crippen LogP contribution in [0.25, 0.3) is 0 Å². The molecular formula is C26H32N2O6S2. The van der Waals surface area contributed by atoms with E-state index < -0.39 is 23.8 Å². The van der Waals surface area contributed by atoms with Crippen molar-refractivity contribution in [3.63, 3.8) is 0 Å². The molecule has 2 heterocycles. The van der Waals surface area contributed by atoms with Crippen LogP contribution in [0.1, 0.15) is 82.1 Å². The molecule has 8 nitrogen and oxygen atoms in total. The molecule has 0 fully saturated rings. The zero-order valence-corrected chi connectivity index (χ0v) is 22.7. The van der Waals surface area contributed by atoms with Crippen molar-refractivity contribution in [2.24, 2.45) is 11.8 Å². The minimum absolute atomic E-state index is 0.214. The molecule has 0 bridgehead atoms. The first-order chi connectivity index (χ1) is 17.2. The van der Waals surface area contributed by atoms with Crippen LogP contribution in [-0.2, 0) is 44.7 Å². The first-order valence-corrected chi connectivity index (χ1v) is 14.1. The summed E-state index contributed by atoms with van der Waals surface area (Å²) >= 11 is 2.65. The van der Waals surface area contributed by atoms with E-state index >= 15 is 0 Å². The van der Waals surface area contributed by atoms with Gasteiger partial charge in [-0.3, -0.25) is 9.59 Å². The molecule has 36 heavy (non-hydrogen) atoms. The zero-order chi connectivity index (χ0) is 26.0. The Kier molecular flexibility index (Phi) is 8.14. The Morgan fingerprint density at radius 1 is 0.750 bits per heavy atom. The molecule has 194 valence electrons. The normalized spacial score (nSPS) is 18.6. The first kappa shape index (κ1) is 26.3. The average Bonchev–Trinajstić information content (AvgIpc) is 3.35. The molecule has 4 rings (SSSR count). The van der Waals surface area contributed by atoms with Crippen LogP contribution in [0.5, 0.6) is 0 Å². The minimum atomic E-state index is -0.901. The van der Waals surface area contributed by atoms with E-state index in [1.165, 1.54) is 22.7 Å². The van der Waals surface area contributed by atoms with Crippen molar-refractivity contribution in [1.29, 1.82) is 0 Å². The molecular weight excluding hydrogens is 500 g/mol. The number of carbonyl (C=O) groups is 4. The number of thiophene rings is 2. The zero-order valence-electron chi connectivity index (χ0n) is 21.1. The van der Waals surface area contributed by atoms with E-state index in [1.807, 2.05) is 0 Å². The van der Waals surface area contributed by atoms with Crippen molar-refractivity contribution in [1.82, 2.24) is 0 Å². The van der Waals surface area contributed by atoms with Gasteiger partial charge in [0.15, 0.2) is 0 Å². The fourth-order valence-electron chi connectivity index (χ4n) is 4.84. The number of esters is 2. The van der Waals surface area contributed by atoms with Gasteiger partial charge in [0.05, 0.1) is 24.3 Å². The van der Waals surface area contributed by atoms with Gasteiger partial charge < -0.3 is 20.1 Å². The highest BCUT2D eigenvalue weighted by Gasteiger charge is 2.32. The van der Waals surface area contributed by atoms with E-state index in [4.69, 9.17) is 9.47 Å². The summed E-state index contributed by atoms with van der Waals surface area (Å²) in [4.78, 5) is 53.4. The standard InChI is InChI=1S/C26H32N2O6S2/c1-5-33-25(31)19-15-9-7-13(3)11-17(15)35-23(19)27-21(29)22(30)28-24-20(26(32)34-6-2)16-10-8-14(4)12-18(16)36-24/h13-14H,5-12H2,1-4H3,(H,27,29)(H,28,30)/t13-,14+. The second kappa shape index (κ2) is 11.1. The van der Waals surface area contributed by atoms with Gasteiger partial charge in [-0.15, -0.1) is 22.7 Å². The third-order valence-corrected chi connectivity index (χ3v) is 8.98. The molecule has 0 aromatic carbocycles. The van der Waals surface area contributed by atoms with Gasteiger partial charge in [-0.05, 0) is 75.3 Å². The van der Waals surface area contributed by atoms with Gasteiger partial charge in [-0.25, -0.2) is 9.59 Å². The van der Waals surface area contributed by atoms with Gasteiger partial charge in [0, 0.05) is 9.75 Å². The largest absolute Gasteiger partial charge is 0.462 e. The highest BCUT2D eigenvalue weighted by atomic mass is 32.1. The van der Waals surface area contributed by atoms with Crippen LogP contribution in [0.3, 0.4) is 0 Å². The Hall–Kier alpha value is -2.72. The van der Waals surface area contributed by atoms with Crippen LogP contribution in [0.2, 0.25) is 0 Å². The number of rotatable bonds is 6. The number of carbonyl (C=O) groups excluding carboxylic acids is 4. The van der Waals surface area contributed by atoms with E-state index in [0.29, 0.717) is 33.0 Å². The molecule has 2 atom stereocenters. The summed E-state index contributed by atoms with van der Waals surface area (Å²) in [5.74, 6) is -1.84. The summed E-state index contributed by atoms with van der Waals surface area (Å²) in [5, 5.41) is 5.94. The molecule has 0 saturated heterocycles. The van der Waals surface area contributed by atoms with Gasteiger partial charge in [-0.2, -0.15) is 0 Å². The smallest absolute Gasteiger partial charge is 0.341 e. The Balaban J connectivity index is 1.58. The second-order valence-electron chi connectivity index (χ2n) is 9.46. The number of fused-ring (bicyclic) bond motifs is 2. The van der Waals surface area contributed by atoms with Crippen LogP contribution in [0.4, 0.5) is 10.0 Å². The SMILES string of the molecule is CCOC(=O)c1c(NC(=O)C(=O)Nc2sc3c(c2C(=O)OCC)CC[C@H](C)C3)sc2c1CC[C@@H](C)C2. The number of hydrogen-bond donors (Lipinski definition) is 2. The number of nitrogens with one attached hydrogen (secondary N) is 2. The molecule has 2 amide bonds. The van der Waals surface area contributed by atoms with Crippen molar-refractivity contribution in [3.8, 4) is 0 Å². The molecule has 0 unspecified atom stereocenters. The number of amides is 2. The molecule has 2 aromatic rings. The Morgan fingerprint density at radius 3 is 1.50 bits per heavy atom. The summed E-state index contributed by atoms with van der Waals surface area (Å²) in [6.07, 6.45) is 4.98. The first-order valence-electron chi connectivity index (χ1n) is 12.5. The van der Waals surface area contributed by atoms with Gasteiger partial charge in [0.1, 0.15) is 10.0 Å². The maximum atomic E-state index is 12.9. The van der Waals surface area contributed by atoms with Gasteiger partial charge in [0.25, 0.3) is 0 Å². The lowest BCUT2D eigenvalue weighted by Gasteiger charge is -2.18. The molecule has 10 heteroatoms. The molecule has 0 radical (unpaired) electrons. The fourth-order valence-corrected chi connectivity index (χ4v) is 7.62. The summed E-state index contributed by atoms with van der Waals surface area (Å²) in [5.41, 5.74) is 2.49. The lowest BCUT2D eigenvalue weighted by atomic mass is 9.88. The maximum Gasteiger partial charge on any atom is 0.341 e. The van der Waals surface area contributed by atoms with Crippen LogP contribution in [0, 0.1) is 11.8 Å². The predicted molar refractivity (Wildman–Crippen MR) is 140 cm³/mol. The van der Waals surface area contributed by atoms with E-state index in [1.54, 1.807) is 13.8 Å². The lowest BCUT2D eigenvalue weighted by molar-refractivity contribution is -0.132. The van der Waals surface area contributed by atoms with Crippen molar-refractivity contribution < 1.29 is 28.7 Å². The van der Waals surface area contributed by atoms with Crippen molar-refractivity contribution in [2.45, 2.75) is 66.2 Å². The summed E-state index contributed by atoms with van der Waals surface area (Å²) in [6, 6.07) is 0. The summed E-state index contributed by atoms with van der Waals surface area (Å²) in [6.45, 7) is 8.19. The van der Waals surface area contributed by atoms with Crippen LogP contribution in [-0.4, -0.2) is 37.0 Å². The van der Waals surface area contributed by atoms with Crippen molar-refractivity contribution in [3.05, 3.63) is 32.0 Å². The third kappa shape index (κ3) is 5.34. The van der Waals surface area contributed by atoms with E-state index in [9.17, 15) is 19.2 Å². The molecule has 2 aliphatic carbocycles. The number of hydrogen-bond acceptors (Lipinski definition) is 8. The van der Waals surface area contributed by atoms with Crippen LogP contribution < -0.4 is 10.6 Å². The van der Waals surface area contributed by atoms with Crippen molar-refractivity contribution in [2.75, 3.05) is 23.8 Å². The highest BCUT2D eigenvalue weighted by molar-refractivity contribution is 7.17. The van der Waals surface area contributed by atoms with Gasteiger partial charge >= 0.3 is 23.8 Å². The molecule has 0 saturated carbocycles. The van der Waals surface area contributed by atoms with E-state index in [-0.39, 0.29) is 13.2 Å². The number of anilines is 2. The van der Waals surface area contributed by atoms with Crippen molar-refractivity contribution >= 4 is 56.4 Å². The van der Waals surface area contributed by atoms with Crippen LogP contribution in [0.15, 0.2) is 0 Å². The monoisotopic (exact) mass is 532 g/mol. The predicted octanol–water partition coefficient (Wildman–Crippen LogP) is 4.99. The number of ether oxygens (including phenoxy) is 2. The van der Waals surface area contributed by atoms with E-state index in [0.717, 1.165) is 59.4 Å². The second-order valence-corrected chi connectivity index (χ2v) is 11.7. The third-order valence-electron chi connectivity index (χ3n) is 6.64. The Morgan fingerprint density at radius 2 is 1.14 bits per heavy atom. The quantitative estimate of drug-likeness (QED) is 0.401. The van der Waals surface area contributed by atoms with E-state index in [2.05, 4.69) is 24.5 Å². The topological polar surface area (TPSA) is 111 Å². The summed E-state index contributed by atoms with van der Waals surface area (Å²) in [7, 11) is 0. The molecule has 0 aliphatic heterocycles. The molecule has 2 aromatic heterocycles. The minimum Gasteiger partial charge on any atom is -0.462 e. The molecule has 2 N–H and O–H groups in total. The average molecular weight is 533 g/mol. The Labute approximate surface area is 218 Å². The molecule has 0 spiro atoms. The van der Waals surface area contributed by atoms with Gasteiger partial charge in [0.2, 0.25) is 0 Å². The van der Waals surface area contributed by atoms with Crippen LogP contribution >= 0.6 is 22.7 Å². The highest BCUT2D eigenvalue weighted by Crippen LogP contribution is 2.41. The van der Waals surface area contributed by atoms with Gasteiger partial charge in [-0.1, -0.05) is 13.8 Å². The summed E-state index contributed by atoms with van der Waals surface area (Å²) < 4.78 is 10.5. The molecule has 2 aliphatic rings. The Bertz CT molecular complexity index is 1110. The fraction of sp³-hybridized carbons (Fsp3) is 0.538. The lowest BCUT2D eigenvalue weighted by Crippen LogP contribution is -2.30. The maximum absolute atomic E-state index is 12.9.